The highest BCUT2D eigenvalue weighted by Gasteiger charge is 2.10. The van der Waals surface area contributed by atoms with Crippen molar-refractivity contribution in [3.05, 3.63) is 24.5 Å². The van der Waals surface area contributed by atoms with Crippen LogP contribution < -0.4 is 5.84 Å². The molecule has 5 nitrogen and oxygen atoms in total. The number of thioether (sulfide) groups is 1. The van der Waals surface area contributed by atoms with Crippen molar-refractivity contribution >= 4 is 11.8 Å². The normalized spacial score (nSPS) is 10.5. The number of pyridine rings is 1. The number of hydrogen-bond acceptors (Lipinski definition) is 5. The molecule has 0 bridgehead atoms. The Hall–Kier alpha value is -1.56. The number of nitrogens with two attached hydrogens (primary N) is 1. The lowest BCUT2D eigenvalue weighted by atomic mass is 10.3. The van der Waals surface area contributed by atoms with Gasteiger partial charge < -0.3 is 5.84 Å². The second kappa shape index (κ2) is 4.31. The van der Waals surface area contributed by atoms with Gasteiger partial charge in [-0.2, -0.15) is 0 Å². The minimum absolute atomic E-state index is 0.638. The van der Waals surface area contributed by atoms with Crippen LogP contribution in [-0.4, -0.2) is 25.6 Å². The van der Waals surface area contributed by atoms with Gasteiger partial charge in [-0.25, -0.2) is 4.68 Å². The summed E-state index contributed by atoms with van der Waals surface area (Å²) >= 11 is 1.56. The average molecular weight is 221 g/mol. The fourth-order valence-electron chi connectivity index (χ4n) is 1.20. The van der Waals surface area contributed by atoms with E-state index in [1.807, 2.05) is 19.1 Å². The molecule has 0 spiro atoms. The number of aromatic nitrogens is 4. The van der Waals surface area contributed by atoms with Crippen molar-refractivity contribution in [2.75, 3.05) is 11.6 Å². The SMILES string of the molecule is CCSc1nnc(-c2cccnc2)n1N. The molecule has 2 N–H and O–H groups in total. The third kappa shape index (κ3) is 1.94. The third-order valence-electron chi connectivity index (χ3n) is 1.86. The molecule has 6 heteroatoms. The van der Waals surface area contributed by atoms with Gasteiger partial charge in [-0.1, -0.05) is 18.7 Å². The van der Waals surface area contributed by atoms with Crippen LogP contribution in [0.3, 0.4) is 0 Å². The molecule has 15 heavy (non-hydrogen) atoms. The Morgan fingerprint density at radius 1 is 1.47 bits per heavy atom. The molecule has 0 saturated heterocycles. The molecule has 0 aliphatic heterocycles. The van der Waals surface area contributed by atoms with Crippen LogP contribution in [0, 0.1) is 0 Å². The summed E-state index contributed by atoms with van der Waals surface area (Å²) in [6, 6.07) is 3.75. The van der Waals surface area contributed by atoms with E-state index in [0.29, 0.717) is 5.82 Å². The third-order valence-corrected chi connectivity index (χ3v) is 2.68. The van der Waals surface area contributed by atoms with E-state index in [1.165, 1.54) is 4.68 Å². The first-order chi connectivity index (χ1) is 7.33. The Morgan fingerprint density at radius 2 is 2.33 bits per heavy atom. The number of nitrogen functional groups attached to an aromatic ring is 1. The Balaban J connectivity index is 2.38. The predicted molar refractivity (Wildman–Crippen MR) is 59.8 cm³/mol. The molecule has 0 radical (unpaired) electrons. The molecule has 0 aliphatic carbocycles. The average Bonchev–Trinajstić information content (AvgIpc) is 2.63. The molecule has 2 aromatic heterocycles. The smallest absolute Gasteiger partial charge is 0.210 e. The Kier molecular flexibility index (Phi) is 2.86. The van der Waals surface area contributed by atoms with Gasteiger partial charge in [0, 0.05) is 18.0 Å². The fourth-order valence-corrected chi connectivity index (χ4v) is 1.78. The standard InChI is InChI=1S/C9H11N5S/c1-2-15-9-13-12-8(14(9)10)7-4-3-5-11-6-7/h3-6H,2,10H2,1H3. The minimum atomic E-state index is 0.638. The topological polar surface area (TPSA) is 69.6 Å². The van der Waals surface area contributed by atoms with Gasteiger partial charge in [0.15, 0.2) is 5.82 Å². The molecule has 0 aromatic carbocycles. The highest BCUT2D eigenvalue weighted by atomic mass is 32.2. The summed E-state index contributed by atoms with van der Waals surface area (Å²) in [5.74, 6) is 7.42. The zero-order valence-electron chi connectivity index (χ0n) is 8.29. The first-order valence-corrected chi connectivity index (χ1v) is 5.55. The molecule has 0 unspecified atom stereocenters. The summed E-state index contributed by atoms with van der Waals surface area (Å²) in [7, 11) is 0. The second-order valence-corrected chi connectivity index (χ2v) is 4.08. The first kappa shape index (κ1) is 9.97. The molecule has 2 rings (SSSR count). The van der Waals surface area contributed by atoms with Gasteiger partial charge in [-0.05, 0) is 17.9 Å². The van der Waals surface area contributed by atoms with Crippen molar-refractivity contribution in [1.82, 2.24) is 19.9 Å². The maximum absolute atomic E-state index is 5.86. The molecule has 0 amide bonds. The number of hydrogen-bond donors (Lipinski definition) is 1. The van der Waals surface area contributed by atoms with E-state index in [9.17, 15) is 0 Å². The largest absolute Gasteiger partial charge is 0.335 e. The summed E-state index contributed by atoms with van der Waals surface area (Å²) in [6.45, 7) is 2.04. The second-order valence-electron chi connectivity index (χ2n) is 2.85. The van der Waals surface area contributed by atoms with Gasteiger partial charge in [0.2, 0.25) is 5.16 Å². The van der Waals surface area contributed by atoms with Crippen molar-refractivity contribution < 1.29 is 0 Å². The van der Waals surface area contributed by atoms with E-state index in [-0.39, 0.29) is 0 Å². The van der Waals surface area contributed by atoms with Crippen LogP contribution in [0.25, 0.3) is 11.4 Å². The molecule has 0 aliphatic rings. The lowest BCUT2D eigenvalue weighted by Crippen LogP contribution is -2.11. The highest BCUT2D eigenvalue weighted by Crippen LogP contribution is 2.19. The van der Waals surface area contributed by atoms with Crippen molar-refractivity contribution in [2.45, 2.75) is 12.1 Å². The predicted octanol–water partition coefficient (Wildman–Crippen LogP) is 1.17. The highest BCUT2D eigenvalue weighted by molar-refractivity contribution is 7.99. The minimum Gasteiger partial charge on any atom is -0.335 e. The first-order valence-electron chi connectivity index (χ1n) is 4.56. The summed E-state index contributed by atoms with van der Waals surface area (Å²) in [4.78, 5) is 4.01. The molecular formula is C9H11N5S. The summed E-state index contributed by atoms with van der Waals surface area (Å²) in [6.07, 6.45) is 3.43. The van der Waals surface area contributed by atoms with E-state index in [0.717, 1.165) is 16.5 Å². The molecule has 2 heterocycles. The lowest BCUT2D eigenvalue weighted by Gasteiger charge is -2.01. The summed E-state index contributed by atoms with van der Waals surface area (Å²) in [5.41, 5.74) is 0.871. The molecule has 2 aromatic rings. The van der Waals surface area contributed by atoms with Crippen LogP contribution in [0.4, 0.5) is 0 Å². The van der Waals surface area contributed by atoms with Gasteiger partial charge in [-0.3, -0.25) is 4.98 Å². The Labute approximate surface area is 91.7 Å². The van der Waals surface area contributed by atoms with E-state index in [1.54, 1.807) is 24.2 Å². The van der Waals surface area contributed by atoms with Crippen LogP contribution in [0.15, 0.2) is 29.7 Å². The zero-order chi connectivity index (χ0) is 10.7. The maximum atomic E-state index is 5.86. The Morgan fingerprint density at radius 3 is 3.00 bits per heavy atom. The van der Waals surface area contributed by atoms with Gasteiger partial charge in [0.05, 0.1) is 0 Å². The molecule has 78 valence electrons. The molecule has 0 atom stereocenters. The number of nitrogens with zero attached hydrogens (tertiary/aromatic N) is 4. The van der Waals surface area contributed by atoms with Crippen molar-refractivity contribution in [3.63, 3.8) is 0 Å². The van der Waals surface area contributed by atoms with Gasteiger partial charge in [0.1, 0.15) is 0 Å². The van der Waals surface area contributed by atoms with Gasteiger partial charge in [0.25, 0.3) is 0 Å². The van der Waals surface area contributed by atoms with Crippen LogP contribution in [-0.2, 0) is 0 Å². The van der Waals surface area contributed by atoms with Crippen molar-refractivity contribution in [2.24, 2.45) is 0 Å². The van der Waals surface area contributed by atoms with Gasteiger partial charge >= 0.3 is 0 Å². The van der Waals surface area contributed by atoms with Crippen LogP contribution >= 0.6 is 11.8 Å². The van der Waals surface area contributed by atoms with E-state index in [4.69, 9.17) is 5.84 Å². The summed E-state index contributed by atoms with van der Waals surface area (Å²) < 4.78 is 1.49. The van der Waals surface area contributed by atoms with Crippen LogP contribution in [0.1, 0.15) is 6.92 Å². The van der Waals surface area contributed by atoms with Crippen molar-refractivity contribution in [1.29, 1.82) is 0 Å². The zero-order valence-corrected chi connectivity index (χ0v) is 9.11. The molecular weight excluding hydrogens is 210 g/mol. The van der Waals surface area contributed by atoms with E-state index in [2.05, 4.69) is 15.2 Å². The van der Waals surface area contributed by atoms with Crippen LogP contribution in [0.2, 0.25) is 0 Å². The van der Waals surface area contributed by atoms with E-state index >= 15 is 0 Å². The monoisotopic (exact) mass is 221 g/mol. The van der Waals surface area contributed by atoms with Crippen LogP contribution in [0.5, 0.6) is 0 Å². The molecule has 0 saturated carbocycles. The summed E-state index contributed by atoms with van der Waals surface area (Å²) in [5, 5.41) is 8.76. The van der Waals surface area contributed by atoms with E-state index < -0.39 is 0 Å². The molecule has 0 fully saturated rings. The van der Waals surface area contributed by atoms with Crippen molar-refractivity contribution in [3.8, 4) is 11.4 Å². The quantitative estimate of drug-likeness (QED) is 0.622. The Bertz CT molecular complexity index is 439. The van der Waals surface area contributed by atoms with Gasteiger partial charge in [-0.15, -0.1) is 10.2 Å². The number of rotatable bonds is 3. The fraction of sp³-hybridized carbons (Fsp3) is 0.222. The maximum Gasteiger partial charge on any atom is 0.210 e. The lowest BCUT2D eigenvalue weighted by molar-refractivity contribution is 0.850.